The van der Waals surface area contributed by atoms with Gasteiger partial charge in [0.25, 0.3) is 0 Å². The van der Waals surface area contributed by atoms with E-state index in [1.165, 1.54) is 24.9 Å². The second-order valence-corrected chi connectivity index (χ2v) is 9.93. The van der Waals surface area contributed by atoms with Crippen LogP contribution in [0.5, 0.6) is 0 Å². The van der Waals surface area contributed by atoms with Crippen molar-refractivity contribution in [2.75, 3.05) is 31.3 Å². The van der Waals surface area contributed by atoms with Gasteiger partial charge in [-0.3, -0.25) is 4.79 Å². The molecule has 0 radical (unpaired) electrons. The molecule has 14 heteroatoms. The van der Waals surface area contributed by atoms with Crippen molar-refractivity contribution in [1.82, 2.24) is 24.5 Å². The SMILES string of the molecule is Cn1cnc([N+](=O)[O-])c1C[N+](C)(C)CC=CC(=O)Nc1cc2c(Nc3ccc(Cl)c(Cl)c3)ncnc2cn1. The van der Waals surface area contributed by atoms with Gasteiger partial charge in [0.2, 0.25) is 12.2 Å². The van der Waals surface area contributed by atoms with Crippen molar-refractivity contribution in [3.05, 3.63) is 81.1 Å². The number of carbonyl (C=O) groups excluding carboxylic acids is 1. The van der Waals surface area contributed by atoms with Crippen molar-refractivity contribution in [2.24, 2.45) is 7.05 Å². The van der Waals surface area contributed by atoms with Crippen molar-refractivity contribution >= 4 is 63.2 Å². The second kappa shape index (κ2) is 11.1. The van der Waals surface area contributed by atoms with Crippen molar-refractivity contribution in [1.29, 1.82) is 0 Å². The van der Waals surface area contributed by atoms with E-state index in [1.54, 1.807) is 42.0 Å². The standard InChI is InChI=1S/C24H23Cl2N9O3/c1-33-14-30-24(34(37)38)20(33)12-35(2,3)8-4-5-22(36)32-21-10-16-19(11-27-21)28-13-29-23(16)31-15-6-7-17(25)18(26)9-15/h4-7,9-11,13-14H,8,12H2,1-3H3,(H-,27,28,29,31,32,36)/p+1. The van der Waals surface area contributed by atoms with Crippen LogP contribution in [0.15, 0.2) is 55.3 Å². The Morgan fingerprint density at radius 2 is 1.95 bits per heavy atom. The summed E-state index contributed by atoms with van der Waals surface area (Å²) in [6, 6.07) is 6.79. The Labute approximate surface area is 227 Å². The van der Waals surface area contributed by atoms with E-state index in [0.29, 0.717) is 61.5 Å². The molecule has 0 spiro atoms. The molecular weight excluding hydrogens is 533 g/mol. The Morgan fingerprint density at radius 1 is 1.16 bits per heavy atom. The number of aromatic nitrogens is 5. The highest BCUT2D eigenvalue weighted by Gasteiger charge is 2.26. The number of likely N-dealkylation sites (N-methyl/N-ethyl adjacent to an activating group) is 1. The molecule has 3 aromatic heterocycles. The van der Waals surface area contributed by atoms with Crippen LogP contribution in [-0.4, -0.2) is 60.5 Å². The van der Waals surface area contributed by atoms with E-state index in [2.05, 4.69) is 30.6 Å². The third-order valence-electron chi connectivity index (χ3n) is 5.61. The van der Waals surface area contributed by atoms with Gasteiger partial charge < -0.3 is 29.8 Å². The molecule has 1 amide bonds. The molecular formula is C24H24Cl2N9O3+. The molecule has 0 aliphatic rings. The Hall–Kier alpha value is -4.13. The van der Waals surface area contributed by atoms with Gasteiger partial charge in [-0.1, -0.05) is 23.2 Å². The van der Waals surface area contributed by atoms with Gasteiger partial charge in [0.05, 0.1) is 42.4 Å². The first-order valence-electron chi connectivity index (χ1n) is 11.3. The van der Waals surface area contributed by atoms with Crippen molar-refractivity contribution < 1.29 is 14.2 Å². The number of pyridine rings is 1. The number of fused-ring (bicyclic) bond motifs is 1. The van der Waals surface area contributed by atoms with Crippen LogP contribution in [0, 0.1) is 10.1 Å². The molecule has 0 aliphatic heterocycles. The smallest absolute Gasteiger partial charge is 0.358 e. The third kappa shape index (κ3) is 6.40. The average molecular weight is 557 g/mol. The molecule has 4 rings (SSSR count). The van der Waals surface area contributed by atoms with Crippen molar-refractivity contribution in [3.8, 4) is 0 Å². The lowest BCUT2D eigenvalue weighted by molar-refractivity contribution is -0.898. The molecule has 12 nitrogen and oxygen atoms in total. The van der Waals surface area contributed by atoms with Gasteiger partial charge in [-0.15, -0.1) is 0 Å². The first kappa shape index (κ1) is 26.9. The van der Waals surface area contributed by atoms with Crippen LogP contribution in [0.25, 0.3) is 10.9 Å². The number of hydrogen-bond donors (Lipinski definition) is 2. The fourth-order valence-electron chi connectivity index (χ4n) is 3.70. The fraction of sp³-hybridized carbons (Fsp3) is 0.208. The van der Waals surface area contributed by atoms with Crippen LogP contribution in [0.2, 0.25) is 10.0 Å². The minimum absolute atomic E-state index is 0.167. The lowest BCUT2D eigenvalue weighted by Gasteiger charge is -2.27. The lowest BCUT2D eigenvalue weighted by Crippen LogP contribution is -2.39. The number of benzene rings is 1. The van der Waals surface area contributed by atoms with E-state index in [0.717, 1.165) is 0 Å². The number of aryl methyl sites for hydroxylation is 1. The van der Waals surface area contributed by atoms with Gasteiger partial charge in [-0.25, -0.2) is 15.0 Å². The quantitative estimate of drug-likeness (QED) is 0.133. The fourth-order valence-corrected chi connectivity index (χ4v) is 4.00. The number of carbonyl (C=O) groups is 1. The summed E-state index contributed by atoms with van der Waals surface area (Å²) in [7, 11) is 5.53. The van der Waals surface area contributed by atoms with Gasteiger partial charge in [-0.05, 0) is 40.2 Å². The zero-order valence-corrected chi connectivity index (χ0v) is 22.2. The minimum atomic E-state index is -0.494. The number of amides is 1. The van der Waals surface area contributed by atoms with E-state index < -0.39 is 4.92 Å². The maximum absolute atomic E-state index is 12.6. The van der Waals surface area contributed by atoms with Crippen LogP contribution in [0.1, 0.15) is 5.69 Å². The maximum Gasteiger partial charge on any atom is 0.390 e. The summed E-state index contributed by atoms with van der Waals surface area (Å²) in [4.78, 5) is 40.0. The number of imidazole rings is 1. The average Bonchev–Trinajstić information content (AvgIpc) is 3.21. The van der Waals surface area contributed by atoms with Gasteiger partial charge in [0.15, 0.2) is 5.69 Å². The van der Waals surface area contributed by atoms with Crippen LogP contribution in [0.4, 0.5) is 23.1 Å². The highest BCUT2D eigenvalue weighted by Crippen LogP contribution is 2.29. The number of quaternary nitrogens is 1. The largest absolute Gasteiger partial charge is 0.390 e. The monoisotopic (exact) mass is 556 g/mol. The predicted molar refractivity (Wildman–Crippen MR) is 145 cm³/mol. The molecule has 196 valence electrons. The predicted octanol–water partition coefficient (Wildman–Crippen LogP) is 4.49. The summed E-state index contributed by atoms with van der Waals surface area (Å²) in [6.45, 7) is 0.812. The van der Waals surface area contributed by atoms with Crippen LogP contribution in [-0.2, 0) is 18.4 Å². The number of anilines is 3. The number of hydrogen-bond acceptors (Lipinski definition) is 8. The summed E-state index contributed by atoms with van der Waals surface area (Å²) in [6.07, 6.45) is 7.48. The summed E-state index contributed by atoms with van der Waals surface area (Å²) in [5.41, 5.74) is 1.77. The third-order valence-corrected chi connectivity index (χ3v) is 6.35. The summed E-state index contributed by atoms with van der Waals surface area (Å²) in [5, 5.41) is 18.6. The minimum Gasteiger partial charge on any atom is -0.358 e. The molecule has 2 N–H and O–H groups in total. The maximum atomic E-state index is 12.6. The van der Waals surface area contributed by atoms with Crippen LogP contribution < -0.4 is 10.6 Å². The van der Waals surface area contributed by atoms with E-state index in [-0.39, 0.29) is 11.7 Å². The van der Waals surface area contributed by atoms with Crippen LogP contribution in [0.3, 0.4) is 0 Å². The van der Waals surface area contributed by atoms with Crippen LogP contribution >= 0.6 is 23.2 Å². The molecule has 0 saturated carbocycles. The van der Waals surface area contributed by atoms with E-state index in [4.69, 9.17) is 23.2 Å². The molecule has 0 bridgehead atoms. The molecule has 0 saturated heterocycles. The normalized spacial score (nSPS) is 11.7. The number of nitrogens with zero attached hydrogens (tertiary/aromatic N) is 7. The summed E-state index contributed by atoms with van der Waals surface area (Å²) < 4.78 is 2.01. The zero-order valence-electron chi connectivity index (χ0n) is 20.7. The summed E-state index contributed by atoms with van der Waals surface area (Å²) in [5.74, 6) is 0.280. The van der Waals surface area contributed by atoms with E-state index in [9.17, 15) is 14.9 Å². The van der Waals surface area contributed by atoms with Crippen molar-refractivity contribution in [3.63, 3.8) is 0 Å². The molecule has 1 aromatic carbocycles. The van der Waals surface area contributed by atoms with Gasteiger partial charge in [0, 0.05) is 24.2 Å². The number of nitrogens with one attached hydrogen (secondary N) is 2. The second-order valence-electron chi connectivity index (χ2n) is 9.11. The highest BCUT2D eigenvalue weighted by atomic mass is 35.5. The zero-order chi connectivity index (χ0) is 27.4. The highest BCUT2D eigenvalue weighted by molar-refractivity contribution is 6.42. The number of halogens is 2. The van der Waals surface area contributed by atoms with E-state index in [1.807, 2.05) is 14.1 Å². The van der Waals surface area contributed by atoms with Crippen molar-refractivity contribution in [2.45, 2.75) is 6.54 Å². The molecule has 0 fully saturated rings. The Kier molecular flexibility index (Phi) is 7.86. The Bertz CT molecular complexity index is 1550. The Morgan fingerprint density at radius 3 is 2.68 bits per heavy atom. The number of rotatable bonds is 9. The molecule has 4 aromatic rings. The first-order chi connectivity index (χ1) is 18.0. The summed E-state index contributed by atoms with van der Waals surface area (Å²) >= 11 is 12.1. The van der Waals surface area contributed by atoms with Gasteiger partial charge in [0.1, 0.15) is 24.5 Å². The topological polar surface area (TPSA) is 141 Å². The Balaban J connectivity index is 1.44. The van der Waals surface area contributed by atoms with Gasteiger partial charge in [-0.2, -0.15) is 0 Å². The molecule has 0 aliphatic carbocycles. The number of nitro groups is 1. The molecule has 0 unspecified atom stereocenters. The molecule has 3 heterocycles. The first-order valence-corrected chi connectivity index (χ1v) is 12.0. The molecule has 38 heavy (non-hydrogen) atoms. The van der Waals surface area contributed by atoms with E-state index >= 15 is 0 Å². The molecule has 0 atom stereocenters. The van der Waals surface area contributed by atoms with Gasteiger partial charge >= 0.3 is 5.82 Å². The lowest BCUT2D eigenvalue weighted by atomic mass is 10.2.